The lowest BCUT2D eigenvalue weighted by atomic mass is 9.99. The van der Waals surface area contributed by atoms with Gasteiger partial charge in [0, 0.05) is 5.56 Å². The molecule has 0 saturated carbocycles. The summed E-state index contributed by atoms with van der Waals surface area (Å²) in [6.45, 7) is 3.60. The second-order valence-electron chi connectivity index (χ2n) is 3.70. The quantitative estimate of drug-likeness (QED) is 0.873. The van der Waals surface area contributed by atoms with E-state index in [1.54, 1.807) is 6.92 Å². The molecule has 0 bridgehead atoms. The van der Waals surface area contributed by atoms with Crippen molar-refractivity contribution in [1.29, 1.82) is 0 Å². The molecule has 1 atom stereocenters. The molecule has 3 nitrogen and oxygen atoms in total. The van der Waals surface area contributed by atoms with Crippen LogP contribution in [-0.2, 0) is 0 Å². The van der Waals surface area contributed by atoms with Crippen LogP contribution in [0.25, 0.3) is 0 Å². The Kier molecular flexibility index (Phi) is 2.98. The van der Waals surface area contributed by atoms with Crippen LogP contribution in [0.3, 0.4) is 0 Å². The number of aliphatic hydroxyl groups is 1. The summed E-state index contributed by atoms with van der Waals surface area (Å²) in [7, 11) is 0. The third-order valence-electron chi connectivity index (χ3n) is 2.40. The monoisotopic (exact) mass is 238 g/mol. The van der Waals surface area contributed by atoms with Gasteiger partial charge in [-0.2, -0.15) is 0 Å². The molecule has 0 aliphatic heterocycles. The fourth-order valence-corrected chi connectivity index (χ4v) is 2.21. The van der Waals surface area contributed by atoms with Gasteiger partial charge in [-0.1, -0.05) is 10.6 Å². The van der Waals surface area contributed by atoms with Gasteiger partial charge in [0.05, 0.1) is 11.1 Å². The maximum atomic E-state index is 13.8. The molecule has 1 unspecified atom stereocenters. The minimum absolute atomic E-state index is 0.302. The first-order valence-electron chi connectivity index (χ1n) is 4.81. The van der Waals surface area contributed by atoms with Crippen LogP contribution >= 0.6 is 11.5 Å². The van der Waals surface area contributed by atoms with Gasteiger partial charge in [0.15, 0.2) is 0 Å². The lowest BCUT2D eigenvalue weighted by molar-refractivity contribution is 0.217. The van der Waals surface area contributed by atoms with Gasteiger partial charge in [-0.05, 0) is 42.6 Å². The number of rotatable bonds is 2. The van der Waals surface area contributed by atoms with Crippen LogP contribution in [0.4, 0.5) is 4.39 Å². The largest absolute Gasteiger partial charge is 0.383 e. The van der Waals surface area contributed by atoms with E-state index in [0.717, 1.165) is 22.7 Å². The van der Waals surface area contributed by atoms with Gasteiger partial charge in [0.1, 0.15) is 11.9 Å². The summed E-state index contributed by atoms with van der Waals surface area (Å²) in [5, 5.41) is 13.7. The zero-order valence-electron chi connectivity index (χ0n) is 8.94. The first-order valence-corrected chi connectivity index (χ1v) is 5.59. The van der Waals surface area contributed by atoms with Crippen molar-refractivity contribution < 1.29 is 9.50 Å². The van der Waals surface area contributed by atoms with Crippen molar-refractivity contribution in [3.05, 3.63) is 45.7 Å². The van der Waals surface area contributed by atoms with Crippen LogP contribution in [0.2, 0.25) is 0 Å². The van der Waals surface area contributed by atoms with Gasteiger partial charge in [0.2, 0.25) is 0 Å². The van der Waals surface area contributed by atoms with E-state index in [0.29, 0.717) is 10.4 Å². The van der Waals surface area contributed by atoms with E-state index in [2.05, 4.69) is 9.59 Å². The summed E-state index contributed by atoms with van der Waals surface area (Å²) in [6, 6.07) is 3.26. The lowest BCUT2D eigenvalue weighted by Gasteiger charge is -2.13. The highest BCUT2D eigenvalue weighted by molar-refractivity contribution is 7.05. The minimum Gasteiger partial charge on any atom is -0.383 e. The highest BCUT2D eigenvalue weighted by Gasteiger charge is 2.19. The molecule has 0 fully saturated rings. The molecular formula is C11H11FN2OS. The normalized spacial score (nSPS) is 12.8. The Balaban J connectivity index is 2.48. The average Bonchev–Trinajstić information content (AvgIpc) is 2.67. The molecule has 84 valence electrons. The van der Waals surface area contributed by atoms with Crippen LogP contribution in [0.5, 0.6) is 0 Å². The first kappa shape index (κ1) is 11.2. The van der Waals surface area contributed by atoms with Crippen LogP contribution in [0, 0.1) is 19.7 Å². The van der Waals surface area contributed by atoms with Crippen molar-refractivity contribution in [1.82, 2.24) is 9.59 Å². The zero-order chi connectivity index (χ0) is 11.7. The number of aliphatic hydroxyl groups excluding tert-OH is 1. The van der Waals surface area contributed by atoms with Crippen molar-refractivity contribution in [3.63, 3.8) is 0 Å². The van der Waals surface area contributed by atoms with Gasteiger partial charge in [-0.3, -0.25) is 0 Å². The molecule has 0 radical (unpaired) electrons. The van der Waals surface area contributed by atoms with Gasteiger partial charge in [0.25, 0.3) is 0 Å². The molecule has 0 amide bonds. The van der Waals surface area contributed by atoms with Gasteiger partial charge in [-0.15, -0.1) is 5.10 Å². The zero-order valence-corrected chi connectivity index (χ0v) is 9.75. The minimum atomic E-state index is -0.986. The Labute approximate surface area is 96.7 Å². The third-order valence-corrected chi connectivity index (χ3v) is 3.12. The molecule has 0 saturated heterocycles. The van der Waals surface area contributed by atoms with E-state index in [9.17, 15) is 9.50 Å². The van der Waals surface area contributed by atoms with Crippen molar-refractivity contribution in [2.24, 2.45) is 0 Å². The van der Waals surface area contributed by atoms with E-state index < -0.39 is 11.9 Å². The Morgan fingerprint density at radius 3 is 2.69 bits per heavy atom. The Bertz CT molecular complexity index is 476. The van der Waals surface area contributed by atoms with E-state index in [1.165, 1.54) is 12.3 Å². The summed E-state index contributed by atoms with van der Waals surface area (Å²) in [5.41, 5.74) is 1.88. The number of benzene rings is 1. The number of halogens is 1. The molecule has 1 aromatic heterocycles. The van der Waals surface area contributed by atoms with E-state index in [4.69, 9.17) is 0 Å². The van der Waals surface area contributed by atoms with Gasteiger partial charge >= 0.3 is 0 Å². The maximum absolute atomic E-state index is 13.8. The molecule has 5 heteroatoms. The lowest BCUT2D eigenvalue weighted by Crippen LogP contribution is -2.04. The molecule has 2 rings (SSSR count). The summed E-state index contributed by atoms with van der Waals surface area (Å²) >= 11 is 1.07. The summed E-state index contributed by atoms with van der Waals surface area (Å²) < 4.78 is 17.4. The maximum Gasteiger partial charge on any atom is 0.129 e. The van der Waals surface area contributed by atoms with Crippen molar-refractivity contribution in [3.8, 4) is 0 Å². The van der Waals surface area contributed by atoms with Crippen LogP contribution in [-0.4, -0.2) is 14.7 Å². The number of aromatic nitrogens is 2. The van der Waals surface area contributed by atoms with Crippen LogP contribution < -0.4 is 0 Å². The van der Waals surface area contributed by atoms with Crippen molar-refractivity contribution in [2.45, 2.75) is 20.0 Å². The van der Waals surface area contributed by atoms with E-state index in [-0.39, 0.29) is 0 Å². The number of nitrogens with zero attached hydrogens (tertiary/aromatic N) is 2. The fraction of sp³-hybridized carbons (Fsp3) is 0.273. The van der Waals surface area contributed by atoms with Crippen LogP contribution in [0.1, 0.15) is 27.7 Å². The summed E-state index contributed by atoms with van der Waals surface area (Å²) in [6.07, 6.45) is 0.467. The molecular weight excluding hydrogens is 227 g/mol. The molecule has 2 aromatic rings. The smallest absolute Gasteiger partial charge is 0.129 e. The van der Waals surface area contributed by atoms with Gasteiger partial charge < -0.3 is 5.11 Å². The first-order chi connectivity index (χ1) is 7.59. The predicted octanol–water partition coefficient (Wildman–Crippen LogP) is 2.38. The Hall–Kier alpha value is -1.33. The second-order valence-corrected chi connectivity index (χ2v) is 4.52. The topological polar surface area (TPSA) is 46.0 Å². The Morgan fingerprint density at radius 2 is 2.12 bits per heavy atom. The van der Waals surface area contributed by atoms with E-state index in [1.807, 2.05) is 13.0 Å². The predicted molar refractivity (Wildman–Crippen MR) is 59.8 cm³/mol. The van der Waals surface area contributed by atoms with Gasteiger partial charge in [-0.25, -0.2) is 4.39 Å². The second kappa shape index (κ2) is 4.27. The fourth-order valence-electron chi connectivity index (χ4n) is 1.71. The molecule has 0 aliphatic rings. The van der Waals surface area contributed by atoms with Crippen molar-refractivity contribution in [2.75, 3.05) is 0 Å². The van der Waals surface area contributed by atoms with Crippen LogP contribution in [0.15, 0.2) is 18.3 Å². The van der Waals surface area contributed by atoms with E-state index >= 15 is 0 Å². The molecule has 1 heterocycles. The molecule has 16 heavy (non-hydrogen) atoms. The Morgan fingerprint density at radius 1 is 1.38 bits per heavy atom. The standard InChI is InChI=1S/C11H11FN2OS/c1-6-3-7(2)10(8(12)4-6)11(15)9-5-13-14-16-9/h3-5,11,15H,1-2H3. The summed E-state index contributed by atoms with van der Waals surface area (Å²) in [4.78, 5) is 0.547. The average molecular weight is 238 g/mol. The number of aryl methyl sites for hydroxylation is 2. The third kappa shape index (κ3) is 1.96. The molecule has 0 aliphatic carbocycles. The molecule has 0 spiro atoms. The number of hydrogen-bond donors (Lipinski definition) is 1. The molecule has 1 aromatic carbocycles. The number of hydrogen-bond acceptors (Lipinski definition) is 4. The van der Waals surface area contributed by atoms with Crippen molar-refractivity contribution >= 4 is 11.5 Å². The highest BCUT2D eigenvalue weighted by atomic mass is 32.1. The summed E-state index contributed by atoms with van der Waals surface area (Å²) in [5.74, 6) is -0.390. The highest BCUT2D eigenvalue weighted by Crippen LogP contribution is 2.29. The SMILES string of the molecule is Cc1cc(C)c(C(O)c2cnns2)c(F)c1. The molecule has 1 N–H and O–H groups in total.